The van der Waals surface area contributed by atoms with Crippen LogP contribution in [0.4, 0.5) is 0 Å². The van der Waals surface area contributed by atoms with Crippen molar-refractivity contribution in [3.63, 3.8) is 0 Å². The van der Waals surface area contributed by atoms with Crippen molar-refractivity contribution in [1.82, 2.24) is 4.98 Å². The van der Waals surface area contributed by atoms with Gasteiger partial charge in [-0.25, -0.2) is 9.59 Å². The second kappa shape index (κ2) is 6.04. The summed E-state index contributed by atoms with van der Waals surface area (Å²) in [7, 11) is 0. The first kappa shape index (κ1) is 18.1. The lowest BCUT2D eigenvalue weighted by atomic mass is 9.91. The predicted molar refractivity (Wildman–Crippen MR) is 81.8 cm³/mol. The number of pyridine rings is 1. The fourth-order valence-corrected chi connectivity index (χ4v) is 1.65. The van der Waals surface area contributed by atoms with Crippen molar-refractivity contribution in [2.75, 3.05) is 0 Å². The summed E-state index contributed by atoms with van der Waals surface area (Å²) < 4.78 is 10.6. The summed E-state index contributed by atoms with van der Waals surface area (Å²) in [5.41, 5.74) is 2.81. The average molecular weight is 308 g/mol. The second-order valence-corrected chi connectivity index (χ2v) is 7.05. The van der Waals surface area contributed by atoms with E-state index in [1.807, 2.05) is 0 Å². The highest BCUT2D eigenvalue weighted by Gasteiger charge is 2.49. The molecule has 0 atom stereocenters. The minimum Gasteiger partial charge on any atom is -0.458 e. The topological polar surface area (TPSA) is 91.5 Å². The molecule has 122 valence electrons. The van der Waals surface area contributed by atoms with Gasteiger partial charge in [0, 0.05) is 12.4 Å². The quantitative estimate of drug-likeness (QED) is 0.677. The summed E-state index contributed by atoms with van der Waals surface area (Å²) >= 11 is 0. The van der Waals surface area contributed by atoms with Crippen LogP contribution >= 0.6 is 0 Å². The molecule has 0 aliphatic rings. The zero-order valence-corrected chi connectivity index (χ0v) is 14.0. The van der Waals surface area contributed by atoms with Crippen molar-refractivity contribution in [1.29, 1.82) is 0 Å². The van der Waals surface area contributed by atoms with E-state index < -0.39 is 28.7 Å². The smallest absolute Gasteiger partial charge is 0.343 e. The number of aromatic nitrogens is 1. The maximum absolute atomic E-state index is 12.5. The number of carbonyl (C=O) groups excluding carboxylic acids is 2. The number of rotatable bonds is 3. The first-order valence-electron chi connectivity index (χ1n) is 7.02. The molecule has 0 saturated heterocycles. The molecule has 22 heavy (non-hydrogen) atoms. The molecule has 0 spiro atoms. The molecule has 0 fully saturated rings. The predicted octanol–water partition coefficient (Wildman–Crippen LogP) is 1.92. The van der Waals surface area contributed by atoms with Crippen LogP contribution in [0.1, 0.15) is 47.1 Å². The summed E-state index contributed by atoms with van der Waals surface area (Å²) in [4.78, 5) is 28.9. The zero-order valence-electron chi connectivity index (χ0n) is 14.0. The molecule has 1 aromatic rings. The highest BCUT2D eigenvalue weighted by Crippen LogP contribution is 2.26. The molecular weight excluding hydrogens is 284 g/mol. The van der Waals surface area contributed by atoms with Crippen LogP contribution in [0.5, 0.6) is 0 Å². The Labute approximate surface area is 131 Å². The Bertz CT molecular complexity index is 514. The molecule has 1 rings (SSSR count). The van der Waals surface area contributed by atoms with E-state index in [0.29, 0.717) is 0 Å². The van der Waals surface area contributed by atoms with Gasteiger partial charge in [-0.3, -0.25) is 4.98 Å². The van der Waals surface area contributed by atoms with Gasteiger partial charge in [0.2, 0.25) is 5.54 Å². The van der Waals surface area contributed by atoms with Crippen LogP contribution < -0.4 is 5.73 Å². The average Bonchev–Trinajstić information content (AvgIpc) is 2.34. The normalized spacial score (nSPS) is 12.7. The minimum atomic E-state index is -2.04. The SMILES string of the molecule is CC(C)(C)OC(=O)C(N)(C(=O)OC(C)(C)C)c1ccncc1. The summed E-state index contributed by atoms with van der Waals surface area (Å²) in [5.74, 6) is -1.72. The van der Waals surface area contributed by atoms with E-state index in [2.05, 4.69) is 4.98 Å². The van der Waals surface area contributed by atoms with Gasteiger partial charge in [-0.1, -0.05) is 0 Å². The van der Waals surface area contributed by atoms with Crippen LogP contribution in [-0.4, -0.2) is 28.1 Å². The van der Waals surface area contributed by atoms with Crippen LogP contribution in [0.3, 0.4) is 0 Å². The van der Waals surface area contributed by atoms with Crippen LogP contribution in [0.2, 0.25) is 0 Å². The molecule has 6 nitrogen and oxygen atoms in total. The lowest BCUT2D eigenvalue weighted by Crippen LogP contribution is -2.56. The number of carbonyl (C=O) groups is 2. The van der Waals surface area contributed by atoms with Gasteiger partial charge in [-0.05, 0) is 59.2 Å². The Morgan fingerprint density at radius 1 is 0.909 bits per heavy atom. The van der Waals surface area contributed by atoms with Gasteiger partial charge < -0.3 is 15.2 Å². The molecule has 1 heterocycles. The highest BCUT2D eigenvalue weighted by molar-refractivity contribution is 6.05. The van der Waals surface area contributed by atoms with Crippen molar-refractivity contribution in [3.05, 3.63) is 30.1 Å². The number of ether oxygens (including phenoxy) is 2. The van der Waals surface area contributed by atoms with Crippen LogP contribution in [0.25, 0.3) is 0 Å². The number of hydrogen-bond acceptors (Lipinski definition) is 6. The van der Waals surface area contributed by atoms with Crippen molar-refractivity contribution in [3.8, 4) is 0 Å². The summed E-state index contributed by atoms with van der Waals surface area (Å²) in [6, 6.07) is 2.99. The van der Waals surface area contributed by atoms with Gasteiger partial charge in [-0.2, -0.15) is 0 Å². The molecule has 0 aromatic carbocycles. The van der Waals surface area contributed by atoms with Crippen LogP contribution in [0.15, 0.2) is 24.5 Å². The third-order valence-corrected chi connectivity index (χ3v) is 2.58. The van der Waals surface area contributed by atoms with Crippen LogP contribution in [-0.2, 0) is 24.6 Å². The fraction of sp³-hybridized carbons (Fsp3) is 0.562. The Balaban J connectivity index is 3.27. The number of esters is 2. The second-order valence-electron chi connectivity index (χ2n) is 7.05. The Hall–Kier alpha value is -1.95. The van der Waals surface area contributed by atoms with E-state index in [1.54, 1.807) is 41.5 Å². The van der Waals surface area contributed by atoms with Crippen molar-refractivity contribution < 1.29 is 19.1 Å². The Morgan fingerprint density at radius 2 is 1.27 bits per heavy atom. The lowest BCUT2D eigenvalue weighted by Gasteiger charge is -2.32. The summed E-state index contributed by atoms with van der Waals surface area (Å²) in [6.07, 6.45) is 2.90. The largest absolute Gasteiger partial charge is 0.458 e. The highest BCUT2D eigenvalue weighted by atomic mass is 16.6. The maximum atomic E-state index is 12.5. The van der Waals surface area contributed by atoms with Gasteiger partial charge in [0.1, 0.15) is 11.2 Å². The van der Waals surface area contributed by atoms with E-state index >= 15 is 0 Å². The van der Waals surface area contributed by atoms with Crippen molar-refractivity contribution in [2.24, 2.45) is 5.73 Å². The van der Waals surface area contributed by atoms with E-state index in [9.17, 15) is 9.59 Å². The summed E-state index contributed by atoms with van der Waals surface area (Å²) in [5, 5.41) is 0. The minimum absolute atomic E-state index is 0.269. The van der Waals surface area contributed by atoms with Crippen molar-refractivity contribution >= 4 is 11.9 Å². The third kappa shape index (κ3) is 4.53. The first-order chi connectivity index (χ1) is 9.86. The molecule has 0 bridgehead atoms. The fourth-order valence-electron chi connectivity index (χ4n) is 1.65. The zero-order chi connectivity index (χ0) is 17.2. The van der Waals surface area contributed by atoms with Gasteiger partial charge >= 0.3 is 11.9 Å². The molecule has 1 aromatic heterocycles. The number of hydrogen-bond donors (Lipinski definition) is 1. The Morgan fingerprint density at radius 3 is 1.59 bits per heavy atom. The molecule has 0 aliphatic heterocycles. The number of nitrogens with two attached hydrogens (primary N) is 1. The molecular formula is C16H24N2O4. The standard InChI is InChI=1S/C16H24N2O4/c1-14(2,3)21-12(19)16(17,11-7-9-18-10-8-11)13(20)22-15(4,5)6/h7-10H,17H2,1-6H3. The molecule has 0 amide bonds. The molecule has 0 unspecified atom stereocenters. The molecule has 6 heteroatoms. The Kier molecular flexibility index (Phi) is 4.97. The van der Waals surface area contributed by atoms with Crippen molar-refractivity contribution in [2.45, 2.75) is 58.3 Å². The maximum Gasteiger partial charge on any atom is 0.343 e. The molecule has 0 saturated carbocycles. The van der Waals surface area contributed by atoms with Gasteiger partial charge in [0.05, 0.1) is 0 Å². The van der Waals surface area contributed by atoms with Crippen LogP contribution in [0, 0.1) is 0 Å². The molecule has 0 radical (unpaired) electrons. The molecule has 2 N–H and O–H groups in total. The van der Waals surface area contributed by atoms with Gasteiger partial charge in [0.15, 0.2) is 0 Å². The van der Waals surface area contributed by atoms with E-state index in [0.717, 1.165) is 0 Å². The first-order valence-corrected chi connectivity index (χ1v) is 7.02. The van der Waals surface area contributed by atoms with Gasteiger partial charge in [0.25, 0.3) is 0 Å². The number of nitrogens with zero attached hydrogens (tertiary/aromatic N) is 1. The monoisotopic (exact) mass is 308 g/mol. The van der Waals surface area contributed by atoms with Gasteiger partial charge in [-0.15, -0.1) is 0 Å². The molecule has 0 aliphatic carbocycles. The third-order valence-electron chi connectivity index (χ3n) is 2.58. The van der Waals surface area contributed by atoms with E-state index in [4.69, 9.17) is 15.2 Å². The van der Waals surface area contributed by atoms with E-state index in [-0.39, 0.29) is 5.56 Å². The lowest BCUT2D eigenvalue weighted by molar-refractivity contribution is -0.177. The van der Waals surface area contributed by atoms with E-state index in [1.165, 1.54) is 24.5 Å². The summed E-state index contributed by atoms with van der Waals surface area (Å²) in [6.45, 7) is 10.2.